The number of rotatable bonds is 5. The van der Waals surface area contributed by atoms with Crippen molar-refractivity contribution in [2.24, 2.45) is 0 Å². The highest BCUT2D eigenvalue weighted by Crippen LogP contribution is 2.44. The molecule has 0 amide bonds. The van der Waals surface area contributed by atoms with Crippen molar-refractivity contribution in [3.05, 3.63) is 170 Å². The zero-order valence-electron chi connectivity index (χ0n) is 26.4. The van der Waals surface area contributed by atoms with E-state index in [-0.39, 0.29) is 0 Å². The molecule has 0 unspecified atom stereocenters. The lowest BCUT2D eigenvalue weighted by Gasteiger charge is -2.27. The summed E-state index contributed by atoms with van der Waals surface area (Å²) in [4.78, 5) is 7.42. The van der Waals surface area contributed by atoms with Crippen LogP contribution < -0.4 is 4.90 Å². The molecule has 4 heteroatoms. The number of hydrogen-bond donors (Lipinski definition) is 0. The maximum absolute atomic E-state index is 6.38. The number of furan rings is 1. The fraction of sp³-hybridized carbons (Fsp3) is 0. The van der Waals surface area contributed by atoms with E-state index in [1.165, 1.54) is 26.2 Å². The van der Waals surface area contributed by atoms with Gasteiger partial charge in [0.25, 0.3) is 0 Å². The molecule has 0 aliphatic heterocycles. The Bertz CT molecular complexity index is 2820. The molecule has 0 spiro atoms. The summed E-state index contributed by atoms with van der Waals surface area (Å²) in [6, 6.07) is 60.2. The van der Waals surface area contributed by atoms with Gasteiger partial charge in [0.1, 0.15) is 16.2 Å². The summed E-state index contributed by atoms with van der Waals surface area (Å²) < 4.78 is 7.60. The van der Waals surface area contributed by atoms with E-state index < -0.39 is 0 Å². The van der Waals surface area contributed by atoms with Crippen molar-refractivity contribution in [3.8, 4) is 21.7 Å². The van der Waals surface area contributed by atoms with Crippen LogP contribution in [0.1, 0.15) is 0 Å². The van der Waals surface area contributed by atoms with Gasteiger partial charge in [0.05, 0.1) is 15.9 Å². The lowest BCUT2D eigenvalue weighted by molar-refractivity contribution is 0.670. The first-order chi connectivity index (χ1) is 24.3. The fourth-order valence-corrected chi connectivity index (χ4v) is 8.35. The first-order valence-electron chi connectivity index (χ1n) is 16.5. The van der Waals surface area contributed by atoms with Crippen LogP contribution in [0, 0.1) is 0 Å². The Morgan fingerprint density at radius 3 is 2.04 bits per heavy atom. The van der Waals surface area contributed by atoms with Gasteiger partial charge >= 0.3 is 0 Å². The number of aromatic nitrogens is 1. The van der Waals surface area contributed by atoms with Crippen LogP contribution in [0.25, 0.3) is 75.4 Å². The highest BCUT2D eigenvalue weighted by molar-refractivity contribution is 7.22. The molecule has 3 nitrogen and oxygen atoms in total. The zero-order valence-corrected chi connectivity index (χ0v) is 27.2. The summed E-state index contributed by atoms with van der Waals surface area (Å²) in [6.45, 7) is 0. The van der Waals surface area contributed by atoms with E-state index in [0.717, 1.165) is 66.2 Å². The van der Waals surface area contributed by atoms with E-state index in [2.05, 4.69) is 163 Å². The Labute approximate surface area is 286 Å². The number of para-hydroxylation sites is 3. The summed E-state index contributed by atoms with van der Waals surface area (Å²) in [5.41, 5.74) is 9.53. The summed E-state index contributed by atoms with van der Waals surface area (Å²) >= 11 is 1.77. The Balaban J connectivity index is 1.14. The normalized spacial score (nSPS) is 11.7. The van der Waals surface area contributed by atoms with Gasteiger partial charge in [-0.1, -0.05) is 127 Å². The van der Waals surface area contributed by atoms with E-state index in [0.29, 0.717) is 0 Å². The monoisotopic (exact) mass is 644 g/mol. The van der Waals surface area contributed by atoms with Crippen LogP contribution in [0.5, 0.6) is 0 Å². The van der Waals surface area contributed by atoms with Gasteiger partial charge in [-0.05, 0) is 58.8 Å². The van der Waals surface area contributed by atoms with Crippen molar-refractivity contribution < 1.29 is 4.42 Å². The number of thiazole rings is 1. The average molecular weight is 645 g/mol. The highest BCUT2D eigenvalue weighted by Gasteiger charge is 2.19. The highest BCUT2D eigenvalue weighted by atomic mass is 32.1. The van der Waals surface area contributed by atoms with E-state index >= 15 is 0 Å². The van der Waals surface area contributed by atoms with Gasteiger partial charge in [0.2, 0.25) is 0 Å². The Kier molecular flexibility index (Phi) is 6.36. The van der Waals surface area contributed by atoms with Gasteiger partial charge in [-0.25, -0.2) is 4.98 Å². The van der Waals surface area contributed by atoms with Crippen LogP contribution in [-0.2, 0) is 0 Å². The number of fused-ring (bicyclic) bond motifs is 8. The third-order valence-electron chi connectivity index (χ3n) is 9.49. The molecule has 49 heavy (non-hydrogen) atoms. The van der Waals surface area contributed by atoms with Crippen molar-refractivity contribution in [2.75, 3.05) is 4.90 Å². The fourth-order valence-electron chi connectivity index (χ4n) is 7.21. The van der Waals surface area contributed by atoms with E-state index in [1.807, 2.05) is 12.1 Å². The number of hydrogen-bond acceptors (Lipinski definition) is 4. The van der Waals surface area contributed by atoms with Gasteiger partial charge in [-0.15, -0.1) is 11.3 Å². The molecule has 0 N–H and O–H groups in total. The average Bonchev–Trinajstić information content (AvgIpc) is 3.78. The predicted octanol–water partition coefficient (Wildman–Crippen LogP) is 13.3. The molecule has 0 bridgehead atoms. The van der Waals surface area contributed by atoms with Crippen molar-refractivity contribution in [2.45, 2.75) is 0 Å². The maximum atomic E-state index is 6.38. The lowest BCUT2D eigenvalue weighted by atomic mass is 9.99. The second kappa shape index (κ2) is 11.2. The SMILES string of the molecule is c1ccc(-c2nc3ccc4ccc5c(N(c6ccccc6)c6ccc(-c7cccc8c7oc7ccccc78)cc6)cccc5c4c3s2)cc1. The Morgan fingerprint density at radius 2 is 1.18 bits per heavy atom. The quantitative estimate of drug-likeness (QED) is 0.175. The topological polar surface area (TPSA) is 29.3 Å². The molecule has 0 saturated carbocycles. The zero-order chi connectivity index (χ0) is 32.3. The predicted molar refractivity (Wildman–Crippen MR) is 207 cm³/mol. The molecule has 0 saturated heterocycles. The molecule has 0 fully saturated rings. The van der Waals surface area contributed by atoms with Crippen molar-refractivity contribution in [1.29, 1.82) is 0 Å². The number of anilines is 3. The first-order valence-corrected chi connectivity index (χ1v) is 17.3. The van der Waals surface area contributed by atoms with Crippen LogP contribution in [0.2, 0.25) is 0 Å². The van der Waals surface area contributed by atoms with Gasteiger partial charge in [-0.2, -0.15) is 0 Å². The molecule has 0 aliphatic rings. The molecule has 2 heterocycles. The summed E-state index contributed by atoms with van der Waals surface area (Å²) in [6.07, 6.45) is 0. The Hall–Kier alpha value is -6.23. The largest absolute Gasteiger partial charge is 0.455 e. The molecule has 2 aromatic heterocycles. The molecule has 8 aromatic carbocycles. The van der Waals surface area contributed by atoms with Gasteiger partial charge in [0.15, 0.2) is 0 Å². The molecular formula is C45H28N2OS. The summed E-state index contributed by atoms with van der Waals surface area (Å²) in [5, 5.41) is 8.20. The molecular weight excluding hydrogens is 617 g/mol. The first kappa shape index (κ1) is 27.8. The van der Waals surface area contributed by atoms with E-state index in [1.54, 1.807) is 11.3 Å². The molecule has 0 atom stereocenters. The minimum Gasteiger partial charge on any atom is -0.455 e. The van der Waals surface area contributed by atoms with Crippen LogP contribution in [0.4, 0.5) is 17.1 Å². The lowest BCUT2D eigenvalue weighted by Crippen LogP contribution is -2.10. The third-order valence-corrected chi connectivity index (χ3v) is 10.6. The summed E-state index contributed by atoms with van der Waals surface area (Å²) in [5.74, 6) is 0. The molecule has 10 aromatic rings. The second-order valence-corrected chi connectivity index (χ2v) is 13.3. The Morgan fingerprint density at radius 1 is 0.490 bits per heavy atom. The summed E-state index contributed by atoms with van der Waals surface area (Å²) in [7, 11) is 0. The van der Waals surface area contributed by atoms with Crippen LogP contribution in [0.3, 0.4) is 0 Å². The van der Waals surface area contributed by atoms with Crippen LogP contribution >= 0.6 is 11.3 Å². The van der Waals surface area contributed by atoms with Crippen LogP contribution in [-0.4, -0.2) is 4.98 Å². The minimum absolute atomic E-state index is 0.909. The molecule has 0 aliphatic carbocycles. The van der Waals surface area contributed by atoms with Crippen LogP contribution in [0.15, 0.2) is 174 Å². The second-order valence-electron chi connectivity index (χ2n) is 12.3. The standard InChI is InChI=1S/C45H28N2OS/c1-3-11-31(12-4-1)45-46-39-28-24-30-23-27-35-37(42(30)44(39)49-45)17-10-19-40(35)47(32-13-5-2-6-14-32)33-25-21-29(22-26-33)34-16-9-18-38-36-15-7-8-20-41(36)48-43(34)38/h1-28H. The van der Waals surface area contributed by atoms with E-state index in [4.69, 9.17) is 9.40 Å². The van der Waals surface area contributed by atoms with Crippen molar-refractivity contribution >= 4 is 82.1 Å². The number of benzene rings is 8. The number of nitrogens with zero attached hydrogens (tertiary/aromatic N) is 2. The van der Waals surface area contributed by atoms with Crippen molar-refractivity contribution in [1.82, 2.24) is 4.98 Å². The van der Waals surface area contributed by atoms with Gasteiger partial charge in [-0.3, -0.25) is 0 Å². The molecule has 230 valence electrons. The maximum Gasteiger partial charge on any atom is 0.143 e. The van der Waals surface area contributed by atoms with Gasteiger partial charge in [0, 0.05) is 44.0 Å². The van der Waals surface area contributed by atoms with Gasteiger partial charge < -0.3 is 9.32 Å². The van der Waals surface area contributed by atoms with E-state index in [9.17, 15) is 0 Å². The molecule has 0 radical (unpaired) electrons. The molecule has 10 rings (SSSR count). The smallest absolute Gasteiger partial charge is 0.143 e. The minimum atomic E-state index is 0.909. The van der Waals surface area contributed by atoms with Crippen molar-refractivity contribution in [3.63, 3.8) is 0 Å². The third kappa shape index (κ3) is 4.53.